The first-order chi connectivity index (χ1) is 10.5. The normalized spacial score (nSPS) is 18.8. The quantitative estimate of drug-likeness (QED) is 0.879. The zero-order valence-corrected chi connectivity index (χ0v) is 13.8. The second kappa shape index (κ2) is 7.63. The van der Waals surface area contributed by atoms with E-state index in [0.29, 0.717) is 5.92 Å². The van der Waals surface area contributed by atoms with Crippen LogP contribution in [-0.2, 0) is 4.79 Å². The maximum Gasteiger partial charge on any atom is 0.242 e. The van der Waals surface area contributed by atoms with E-state index >= 15 is 0 Å². The fourth-order valence-electron chi connectivity index (χ4n) is 3.02. The number of carbonyl (C=O) groups excluding carboxylic acids is 1. The fourth-order valence-corrected chi connectivity index (χ4v) is 3.02. The van der Waals surface area contributed by atoms with Gasteiger partial charge in [0.1, 0.15) is 5.75 Å². The van der Waals surface area contributed by atoms with E-state index in [4.69, 9.17) is 10.5 Å². The molecule has 122 valence electrons. The van der Waals surface area contributed by atoms with Gasteiger partial charge in [0.2, 0.25) is 5.91 Å². The van der Waals surface area contributed by atoms with Crippen LogP contribution in [0.2, 0.25) is 0 Å². The number of benzene rings is 1. The number of amides is 1. The zero-order chi connectivity index (χ0) is 16.0. The molecular formula is C18H28N2O2. The number of ether oxygens (including phenoxy) is 1. The third-order valence-electron chi connectivity index (χ3n) is 4.39. The Morgan fingerprint density at radius 2 is 1.95 bits per heavy atom. The highest BCUT2D eigenvalue weighted by molar-refractivity contribution is 5.85. The van der Waals surface area contributed by atoms with Crippen LogP contribution in [0.15, 0.2) is 30.3 Å². The molecule has 1 saturated heterocycles. The van der Waals surface area contributed by atoms with Crippen LogP contribution in [0.1, 0.15) is 39.5 Å². The first kappa shape index (κ1) is 16.8. The van der Waals surface area contributed by atoms with Crippen molar-refractivity contribution in [2.45, 2.75) is 45.1 Å². The van der Waals surface area contributed by atoms with Crippen molar-refractivity contribution in [1.82, 2.24) is 4.90 Å². The lowest BCUT2D eigenvalue weighted by Gasteiger charge is -2.36. The Labute approximate surface area is 133 Å². The van der Waals surface area contributed by atoms with Crippen LogP contribution in [0.4, 0.5) is 0 Å². The number of piperidine rings is 1. The minimum atomic E-state index is -0.720. The minimum absolute atomic E-state index is 0.0942. The highest BCUT2D eigenvalue weighted by Crippen LogP contribution is 2.22. The summed E-state index contributed by atoms with van der Waals surface area (Å²) in [6.07, 6.45) is 3.64. The standard InChI is InChI=1S/C18H28N2O2/c1-3-11-18(2,19)17(21)20-12-9-15(10-13-20)14-22-16-7-5-4-6-8-16/h4-8,15H,3,9-14,19H2,1-2H3. The smallest absolute Gasteiger partial charge is 0.242 e. The van der Waals surface area contributed by atoms with E-state index in [1.807, 2.05) is 42.2 Å². The molecule has 22 heavy (non-hydrogen) atoms. The topological polar surface area (TPSA) is 55.6 Å². The van der Waals surface area contributed by atoms with Crippen molar-refractivity contribution in [2.24, 2.45) is 11.7 Å². The van der Waals surface area contributed by atoms with Crippen LogP contribution < -0.4 is 10.5 Å². The van der Waals surface area contributed by atoms with E-state index in [9.17, 15) is 4.79 Å². The summed E-state index contributed by atoms with van der Waals surface area (Å²) in [6, 6.07) is 9.89. The van der Waals surface area contributed by atoms with Crippen LogP contribution in [0.25, 0.3) is 0 Å². The second-order valence-electron chi connectivity index (χ2n) is 6.53. The molecule has 1 fully saturated rings. The van der Waals surface area contributed by atoms with Crippen LogP contribution in [0, 0.1) is 5.92 Å². The van der Waals surface area contributed by atoms with E-state index in [1.165, 1.54) is 0 Å². The molecule has 2 rings (SSSR count). The van der Waals surface area contributed by atoms with Crippen LogP contribution in [0.3, 0.4) is 0 Å². The molecule has 1 unspecified atom stereocenters. The Kier molecular flexibility index (Phi) is 5.83. The van der Waals surface area contributed by atoms with Crippen molar-refractivity contribution >= 4 is 5.91 Å². The summed E-state index contributed by atoms with van der Waals surface area (Å²) >= 11 is 0. The van der Waals surface area contributed by atoms with E-state index in [0.717, 1.165) is 51.1 Å². The molecule has 1 aliphatic heterocycles. The average Bonchev–Trinajstić information content (AvgIpc) is 2.54. The maximum atomic E-state index is 12.5. The molecular weight excluding hydrogens is 276 g/mol. The third-order valence-corrected chi connectivity index (χ3v) is 4.39. The van der Waals surface area contributed by atoms with Crippen LogP contribution in [0.5, 0.6) is 5.75 Å². The van der Waals surface area contributed by atoms with Gasteiger partial charge in [-0.3, -0.25) is 4.79 Å². The maximum absolute atomic E-state index is 12.5. The van der Waals surface area contributed by atoms with Gasteiger partial charge in [0.15, 0.2) is 0 Å². The predicted molar refractivity (Wildman–Crippen MR) is 88.7 cm³/mol. The number of para-hydroxylation sites is 1. The van der Waals surface area contributed by atoms with Gasteiger partial charge in [-0.05, 0) is 44.2 Å². The van der Waals surface area contributed by atoms with Crippen molar-refractivity contribution in [3.05, 3.63) is 30.3 Å². The van der Waals surface area contributed by atoms with E-state index in [1.54, 1.807) is 0 Å². The van der Waals surface area contributed by atoms with Crippen molar-refractivity contribution in [3.63, 3.8) is 0 Å². The largest absolute Gasteiger partial charge is 0.493 e. The summed E-state index contributed by atoms with van der Waals surface area (Å²) in [5.74, 6) is 1.52. The molecule has 0 saturated carbocycles. The third kappa shape index (κ3) is 4.47. The van der Waals surface area contributed by atoms with E-state index < -0.39 is 5.54 Å². The monoisotopic (exact) mass is 304 g/mol. The summed E-state index contributed by atoms with van der Waals surface area (Å²) < 4.78 is 5.82. The summed E-state index contributed by atoms with van der Waals surface area (Å²) in [4.78, 5) is 14.4. The van der Waals surface area contributed by atoms with Gasteiger partial charge >= 0.3 is 0 Å². The molecule has 0 aliphatic carbocycles. The first-order valence-electron chi connectivity index (χ1n) is 8.29. The molecule has 1 aromatic carbocycles. The van der Waals surface area contributed by atoms with Gasteiger partial charge in [-0.1, -0.05) is 31.5 Å². The minimum Gasteiger partial charge on any atom is -0.493 e. The Hall–Kier alpha value is -1.55. The summed E-state index contributed by atoms with van der Waals surface area (Å²) in [5, 5.41) is 0. The molecule has 1 aromatic rings. The van der Waals surface area contributed by atoms with Crippen molar-refractivity contribution in [3.8, 4) is 5.75 Å². The number of carbonyl (C=O) groups is 1. The number of nitrogens with two attached hydrogens (primary N) is 1. The van der Waals surface area contributed by atoms with Gasteiger partial charge in [0.25, 0.3) is 0 Å². The summed E-state index contributed by atoms with van der Waals surface area (Å²) in [7, 11) is 0. The Bertz CT molecular complexity index is 465. The molecule has 1 atom stereocenters. The molecule has 2 N–H and O–H groups in total. The Morgan fingerprint density at radius 1 is 1.32 bits per heavy atom. The summed E-state index contributed by atoms with van der Waals surface area (Å²) in [5.41, 5.74) is 5.43. The van der Waals surface area contributed by atoms with Crippen molar-refractivity contribution < 1.29 is 9.53 Å². The second-order valence-corrected chi connectivity index (χ2v) is 6.53. The number of hydrogen-bond donors (Lipinski definition) is 1. The Morgan fingerprint density at radius 3 is 2.55 bits per heavy atom. The SMILES string of the molecule is CCCC(C)(N)C(=O)N1CCC(COc2ccccc2)CC1. The zero-order valence-electron chi connectivity index (χ0n) is 13.8. The number of rotatable bonds is 6. The van der Waals surface area contributed by atoms with Crippen LogP contribution in [-0.4, -0.2) is 36.0 Å². The van der Waals surface area contributed by atoms with Crippen molar-refractivity contribution in [2.75, 3.05) is 19.7 Å². The highest BCUT2D eigenvalue weighted by atomic mass is 16.5. The molecule has 0 bridgehead atoms. The lowest BCUT2D eigenvalue weighted by atomic mass is 9.92. The van der Waals surface area contributed by atoms with E-state index in [-0.39, 0.29) is 5.91 Å². The molecule has 1 heterocycles. The number of nitrogens with zero attached hydrogens (tertiary/aromatic N) is 1. The van der Waals surface area contributed by atoms with Gasteiger partial charge in [-0.25, -0.2) is 0 Å². The lowest BCUT2D eigenvalue weighted by molar-refractivity contribution is -0.138. The van der Waals surface area contributed by atoms with Gasteiger partial charge in [0.05, 0.1) is 12.1 Å². The summed E-state index contributed by atoms with van der Waals surface area (Å²) in [6.45, 7) is 6.21. The van der Waals surface area contributed by atoms with E-state index in [2.05, 4.69) is 6.92 Å². The molecule has 1 amide bonds. The molecule has 4 heteroatoms. The molecule has 0 aromatic heterocycles. The van der Waals surface area contributed by atoms with Gasteiger partial charge in [0, 0.05) is 13.1 Å². The first-order valence-corrected chi connectivity index (χ1v) is 8.29. The Balaban J connectivity index is 1.77. The lowest BCUT2D eigenvalue weighted by Crippen LogP contribution is -2.55. The molecule has 4 nitrogen and oxygen atoms in total. The van der Waals surface area contributed by atoms with Crippen LogP contribution >= 0.6 is 0 Å². The fraction of sp³-hybridized carbons (Fsp3) is 0.611. The molecule has 0 spiro atoms. The van der Waals surface area contributed by atoms with Crippen molar-refractivity contribution in [1.29, 1.82) is 0 Å². The average molecular weight is 304 g/mol. The van der Waals surface area contributed by atoms with Gasteiger partial charge < -0.3 is 15.4 Å². The highest BCUT2D eigenvalue weighted by Gasteiger charge is 2.33. The number of likely N-dealkylation sites (tertiary alicyclic amines) is 1. The predicted octanol–water partition coefficient (Wildman–Crippen LogP) is 2.82. The number of hydrogen-bond acceptors (Lipinski definition) is 3. The van der Waals surface area contributed by atoms with Gasteiger partial charge in [-0.2, -0.15) is 0 Å². The van der Waals surface area contributed by atoms with Gasteiger partial charge in [-0.15, -0.1) is 0 Å². The molecule has 1 aliphatic rings. The molecule has 0 radical (unpaired) electrons.